The number of nitrogens with one attached hydrogen (secondary N) is 1. The number of hydrogen-bond acceptors (Lipinski definition) is 4. The molecule has 162 valence electrons. The van der Waals surface area contributed by atoms with Crippen LogP contribution in [0.25, 0.3) is 0 Å². The first-order chi connectivity index (χ1) is 13.0. The van der Waals surface area contributed by atoms with Gasteiger partial charge in [0, 0.05) is 75.8 Å². The largest absolute Gasteiger partial charge is 0.355 e. The number of carbonyl (C=O) groups excluding carboxylic acids is 1. The summed E-state index contributed by atoms with van der Waals surface area (Å²) in [4.78, 5) is 24.0. The fourth-order valence-electron chi connectivity index (χ4n) is 4.48. The molecule has 8 heteroatoms. The summed E-state index contributed by atoms with van der Waals surface area (Å²) < 4.78 is 0.290. The molecule has 2 saturated heterocycles. The molecule has 0 radical (unpaired) electrons. The van der Waals surface area contributed by atoms with Crippen molar-refractivity contribution in [3.8, 4) is 0 Å². The molecule has 0 bridgehead atoms. The van der Waals surface area contributed by atoms with E-state index in [0.717, 1.165) is 76.9 Å². The molecule has 1 saturated carbocycles. The van der Waals surface area contributed by atoms with Gasteiger partial charge in [0.25, 0.3) is 0 Å². The van der Waals surface area contributed by atoms with Crippen molar-refractivity contribution in [1.82, 2.24) is 20.0 Å². The number of amides is 1. The van der Waals surface area contributed by atoms with E-state index >= 15 is 0 Å². The smallest absolute Gasteiger partial charge is 0.225 e. The van der Waals surface area contributed by atoms with E-state index in [2.05, 4.69) is 38.9 Å². The molecule has 0 atom stereocenters. The molecule has 3 fully saturated rings. The average molecular weight is 524 g/mol. The predicted molar refractivity (Wildman–Crippen MR) is 130 cm³/mol. The fraction of sp³-hybridized carbons (Fsp3) is 0.900. The number of piperazine rings is 1. The highest BCUT2D eigenvalue weighted by Gasteiger charge is 2.30. The Bertz CT molecular complexity index is 531. The maximum Gasteiger partial charge on any atom is 0.225 e. The van der Waals surface area contributed by atoms with Gasteiger partial charge in [-0.05, 0) is 26.7 Å². The van der Waals surface area contributed by atoms with E-state index < -0.39 is 0 Å². The van der Waals surface area contributed by atoms with Crippen LogP contribution in [0.4, 0.5) is 0 Å². The molecular weight excluding hydrogens is 485 g/mol. The van der Waals surface area contributed by atoms with Crippen molar-refractivity contribution >= 4 is 47.6 Å². The van der Waals surface area contributed by atoms with Crippen LogP contribution in [-0.2, 0) is 4.79 Å². The van der Waals surface area contributed by atoms with E-state index in [4.69, 9.17) is 0 Å². The lowest BCUT2D eigenvalue weighted by Crippen LogP contribution is -2.53. The van der Waals surface area contributed by atoms with Crippen LogP contribution in [0.2, 0.25) is 0 Å². The average Bonchev–Trinajstić information content (AvgIpc) is 3.19. The Morgan fingerprint density at radius 3 is 2.39 bits per heavy atom. The number of guanidine groups is 1. The summed E-state index contributed by atoms with van der Waals surface area (Å²) in [7, 11) is 1.88. The van der Waals surface area contributed by atoms with Gasteiger partial charge in [-0.15, -0.1) is 24.0 Å². The minimum atomic E-state index is 0. The van der Waals surface area contributed by atoms with Crippen molar-refractivity contribution in [2.45, 2.75) is 44.3 Å². The van der Waals surface area contributed by atoms with Crippen LogP contribution in [0, 0.1) is 5.92 Å². The highest BCUT2D eigenvalue weighted by Crippen LogP contribution is 2.29. The fourth-order valence-corrected chi connectivity index (χ4v) is 5.59. The highest BCUT2D eigenvalue weighted by molar-refractivity contribution is 14.0. The van der Waals surface area contributed by atoms with E-state index in [-0.39, 0.29) is 28.7 Å². The number of hydrogen-bond donors (Lipinski definition) is 1. The topological polar surface area (TPSA) is 51.2 Å². The minimum absolute atomic E-state index is 0. The second-order valence-electron chi connectivity index (χ2n) is 8.65. The third-order valence-corrected chi connectivity index (χ3v) is 7.33. The van der Waals surface area contributed by atoms with Gasteiger partial charge in [-0.25, -0.2) is 0 Å². The first-order valence-electron chi connectivity index (χ1n) is 10.6. The van der Waals surface area contributed by atoms with E-state index in [1.165, 1.54) is 12.8 Å². The van der Waals surface area contributed by atoms with Crippen molar-refractivity contribution in [3.63, 3.8) is 0 Å². The highest BCUT2D eigenvalue weighted by atomic mass is 127. The zero-order valence-electron chi connectivity index (χ0n) is 17.8. The molecule has 6 nitrogen and oxygen atoms in total. The van der Waals surface area contributed by atoms with Gasteiger partial charge in [0.15, 0.2) is 5.96 Å². The standard InChI is InChI=1S/C20H37N5OS.HI/c1-20(2)16-25(14-15-27-20)19(21-3)22-8-9-23-10-12-24(13-11-23)18(26)17-6-4-5-7-17;/h17H,4-16H2,1-3H3,(H,21,22);1H. The lowest BCUT2D eigenvalue weighted by atomic mass is 10.1. The van der Waals surface area contributed by atoms with Gasteiger partial charge >= 0.3 is 0 Å². The van der Waals surface area contributed by atoms with Gasteiger partial charge in [0.05, 0.1) is 0 Å². The van der Waals surface area contributed by atoms with E-state index in [0.29, 0.717) is 11.8 Å². The van der Waals surface area contributed by atoms with Crippen molar-refractivity contribution in [1.29, 1.82) is 0 Å². The minimum Gasteiger partial charge on any atom is -0.355 e. The third kappa shape index (κ3) is 6.65. The molecule has 0 aromatic heterocycles. The molecule has 2 heterocycles. The van der Waals surface area contributed by atoms with Crippen LogP contribution in [0.15, 0.2) is 4.99 Å². The first kappa shape index (κ1) is 24.1. The number of halogens is 1. The Kier molecular flexibility index (Phi) is 9.66. The summed E-state index contributed by atoms with van der Waals surface area (Å²) in [6.07, 6.45) is 4.67. The van der Waals surface area contributed by atoms with Gasteiger partial charge in [-0.2, -0.15) is 11.8 Å². The summed E-state index contributed by atoms with van der Waals surface area (Å²) >= 11 is 2.05. The van der Waals surface area contributed by atoms with Crippen LogP contribution in [0.1, 0.15) is 39.5 Å². The van der Waals surface area contributed by atoms with Crippen LogP contribution in [0.3, 0.4) is 0 Å². The lowest BCUT2D eigenvalue weighted by Gasteiger charge is -2.39. The molecule has 1 aliphatic carbocycles. The van der Waals surface area contributed by atoms with Gasteiger partial charge in [0.2, 0.25) is 5.91 Å². The second-order valence-corrected chi connectivity index (χ2v) is 10.5. The quantitative estimate of drug-likeness (QED) is 0.349. The number of thioether (sulfide) groups is 1. The Morgan fingerprint density at radius 1 is 1.11 bits per heavy atom. The van der Waals surface area contributed by atoms with Gasteiger partial charge < -0.3 is 15.1 Å². The number of rotatable bonds is 4. The normalized spacial score (nSPS) is 24.2. The van der Waals surface area contributed by atoms with E-state index in [1.807, 2.05) is 18.8 Å². The number of nitrogens with zero attached hydrogens (tertiary/aromatic N) is 4. The summed E-state index contributed by atoms with van der Waals surface area (Å²) in [5.41, 5.74) is 0. The molecule has 0 aromatic rings. The summed E-state index contributed by atoms with van der Waals surface area (Å²) in [6.45, 7) is 12.4. The Hall–Kier alpha value is -0.220. The number of carbonyl (C=O) groups is 1. The molecule has 2 aliphatic heterocycles. The van der Waals surface area contributed by atoms with E-state index in [9.17, 15) is 4.79 Å². The van der Waals surface area contributed by atoms with Gasteiger partial charge in [0.1, 0.15) is 0 Å². The molecule has 1 amide bonds. The Labute approximate surface area is 192 Å². The van der Waals surface area contributed by atoms with E-state index in [1.54, 1.807) is 0 Å². The molecule has 3 aliphatic rings. The maximum absolute atomic E-state index is 12.5. The SMILES string of the molecule is CN=C(NCCN1CCN(C(=O)C2CCCC2)CC1)N1CCSC(C)(C)C1.I. The Morgan fingerprint density at radius 2 is 1.79 bits per heavy atom. The summed E-state index contributed by atoms with van der Waals surface area (Å²) in [5, 5.41) is 3.55. The van der Waals surface area contributed by atoms with Crippen molar-refractivity contribution in [3.05, 3.63) is 0 Å². The van der Waals surface area contributed by atoms with Gasteiger partial charge in [-0.3, -0.25) is 14.7 Å². The molecule has 0 aromatic carbocycles. The zero-order valence-corrected chi connectivity index (χ0v) is 20.9. The van der Waals surface area contributed by atoms with Crippen LogP contribution in [-0.4, -0.2) is 96.5 Å². The first-order valence-corrected chi connectivity index (χ1v) is 11.6. The van der Waals surface area contributed by atoms with Crippen molar-refractivity contribution in [2.24, 2.45) is 10.9 Å². The predicted octanol–water partition coefficient (Wildman–Crippen LogP) is 2.34. The zero-order chi connectivity index (χ0) is 19.3. The molecule has 1 N–H and O–H groups in total. The maximum atomic E-state index is 12.5. The van der Waals surface area contributed by atoms with Crippen LogP contribution < -0.4 is 5.32 Å². The molecule has 3 rings (SSSR count). The molecule has 28 heavy (non-hydrogen) atoms. The van der Waals surface area contributed by atoms with Crippen LogP contribution in [0.5, 0.6) is 0 Å². The molecule has 0 spiro atoms. The van der Waals surface area contributed by atoms with Crippen LogP contribution >= 0.6 is 35.7 Å². The van der Waals surface area contributed by atoms with Gasteiger partial charge in [-0.1, -0.05) is 12.8 Å². The van der Waals surface area contributed by atoms with Crippen molar-refractivity contribution < 1.29 is 4.79 Å². The summed E-state index contributed by atoms with van der Waals surface area (Å²) in [6, 6.07) is 0. The summed E-state index contributed by atoms with van der Waals surface area (Å²) in [5.74, 6) is 2.91. The monoisotopic (exact) mass is 523 g/mol. The molecular formula is C20H38IN5OS. The number of aliphatic imine (C=N–C) groups is 1. The second kappa shape index (κ2) is 11.2. The van der Waals surface area contributed by atoms with Crippen molar-refractivity contribution in [2.75, 3.05) is 65.2 Å². The Balaban J connectivity index is 0.00000280. The third-order valence-electron chi connectivity index (χ3n) is 6.04. The lowest BCUT2D eigenvalue weighted by molar-refractivity contribution is -0.137. The molecule has 0 unspecified atom stereocenters.